The van der Waals surface area contributed by atoms with Gasteiger partial charge in [0, 0.05) is 25.3 Å². The van der Waals surface area contributed by atoms with Crippen LogP contribution in [0.3, 0.4) is 0 Å². The molecule has 0 saturated carbocycles. The van der Waals surface area contributed by atoms with Crippen molar-refractivity contribution >= 4 is 0 Å². The van der Waals surface area contributed by atoms with Crippen molar-refractivity contribution in [2.45, 2.75) is 32.0 Å². The second-order valence-corrected chi connectivity index (χ2v) is 3.99. The molecule has 1 aromatic heterocycles. The summed E-state index contributed by atoms with van der Waals surface area (Å²) in [7, 11) is 0. The van der Waals surface area contributed by atoms with Crippen molar-refractivity contribution in [3.8, 4) is 0 Å². The van der Waals surface area contributed by atoms with Gasteiger partial charge in [0.05, 0.1) is 11.8 Å². The highest BCUT2D eigenvalue weighted by Gasteiger charge is 2.27. The van der Waals surface area contributed by atoms with Crippen LogP contribution < -0.4 is 0 Å². The zero-order valence-corrected chi connectivity index (χ0v) is 8.43. The number of aliphatic hydroxyl groups is 1. The van der Waals surface area contributed by atoms with Gasteiger partial charge in [-0.1, -0.05) is 6.07 Å². The maximum absolute atomic E-state index is 9.49. The Balaban J connectivity index is 1.98. The predicted molar refractivity (Wildman–Crippen MR) is 54.7 cm³/mol. The van der Waals surface area contributed by atoms with Gasteiger partial charge in [-0.3, -0.25) is 9.88 Å². The van der Waals surface area contributed by atoms with Gasteiger partial charge in [0.1, 0.15) is 0 Å². The topological polar surface area (TPSA) is 36.4 Å². The first-order valence-corrected chi connectivity index (χ1v) is 5.07. The second-order valence-electron chi connectivity index (χ2n) is 3.99. The first kappa shape index (κ1) is 9.62. The van der Waals surface area contributed by atoms with Crippen LogP contribution in [0.15, 0.2) is 24.4 Å². The summed E-state index contributed by atoms with van der Waals surface area (Å²) in [6.45, 7) is 3.77. The summed E-state index contributed by atoms with van der Waals surface area (Å²) in [5.74, 6) is 0. The van der Waals surface area contributed by atoms with Crippen LogP contribution >= 0.6 is 0 Å². The number of aliphatic hydroxyl groups excluding tert-OH is 1. The van der Waals surface area contributed by atoms with Gasteiger partial charge in [-0.25, -0.2) is 0 Å². The minimum Gasteiger partial charge on any atom is -0.392 e. The maximum atomic E-state index is 9.49. The first-order valence-electron chi connectivity index (χ1n) is 5.07. The van der Waals surface area contributed by atoms with Crippen molar-refractivity contribution in [2.24, 2.45) is 0 Å². The van der Waals surface area contributed by atoms with Gasteiger partial charge in [0.2, 0.25) is 0 Å². The molecule has 0 bridgehead atoms. The van der Waals surface area contributed by atoms with E-state index < -0.39 is 0 Å². The number of pyridine rings is 1. The number of hydrogen-bond donors (Lipinski definition) is 1. The summed E-state index contributed by atoms with van der Waals surface area (Å²) in [6.07, 6.45) is 2.54. The van der Waals surface area contributed by atoms with Crippen LogP contribution in [0.5, 0.6) is 0 Å². The van der Waals surface area contributed by atoms with Crippen molar-refractivity contribution in [2.75, 3.05) is 6.54 Å². The number of likely N-dealkylation sites (tertiary alicyclic amines) is 1. The van der Waals surface area contributed by atoms with Crippen LogP contribution in [0.25, 0.3) is 0 Å². The highest BCUT2D eigenvalue weighted by molar-refractivity contribution is 5.04. The summed E-state index contributed by atoms with van der Waals surface area (Å²) in [5, 5.41) is 9.49. The third-order valence-corrected chi connectivity index (χ3v) is 2.77. The van der Waals surface area contributed by atoms with Gasteiger partial charge in [-0.05, 0) is 25.5 Å². The van der Waals surface area contributed by atoms with Gasteiger partial charge < -0.3 is 5.11 Å². The van der Waals surface area contributed by atoms with E-state index in [9.17, 15) is 5.11 Å². The fourth-order valence-corrected chi connectivity index (χ4v) is 1.99. The minimum absolute atomic E-state index is 0.159. The lowest BCUT2D eigenvalue weighted by atomic mass is 10.2. The smallest absolute Gasteiger partial charge is 0.0682 e. The molecule has 1 N–H and O–H groups in total. The molecule has 1 saturated heterocycles. The molecule has 2 rings (SSSR count). The lowest BCUT2D eigenvalue weighted by Crippen LogP contribution is -2.27. The van der Waals surface area contributed by atoms with E-state index in [2.05, 4.69) is 16.8 Å². The lowest BCUT2D eigenvalue weighted by molar-refractivity contribution is 0.172. The van der Waals surface area contributed by atoms with Gasteiger partial charge in [-0.15, -0.1) is 0 Å². The Morgan fingerprint density at radius 3 is 3.00 bits per heavy atom. The third-order valence-electron chi connectivity index (χ3n) is 2.77. The molecule has 0 aromatic carbocycles. The number of nitrogens with zero attached hydrogens (tertiary/aromatic N) is 2. The molecule has 0 radical (unpaired) electrons. The summed E-state index contributed by atoms with van der Waals surface area (Å²) in [6, 6.07) is 6.41. The molecule has 1 aliphatic rings. The Morgan fingerprint density at radius 1 is 1.57 bits per heavy atom. The zero-order chi connectivity index (χ0) is 9.97. The van der Waals surface area contributed by atoms with Gasteiger partial charge in [0.15, 0.2) is 0 Å². The van der Waals surface area contributed by atoms with Crippen LogP contribution in [0.2, 0.25) is 0 Å². The fourth-order valence-electron chi connectivity index (χ4n) is 1.99. The second kappa shape index (κ2) is 4.07. The van der Waals surface area contributed by atoms with Gasteiger partial charge in [-0.2, -0.15) is 0 Å². The van der Waals surface area contributed by atoms with Crippen LogP contribution in [-0.4, -0.2) is 33.7 Å². The molecule has 76 valence electrons. The highest BCUT2D eigenvalue weighted by atomic mass is 16.3. The van der Waals surface area contributed by atoms with Crippen LogP contribution in [0.1, 0.15) is 19.0 Å². The largest absolute Gasteiger partial charge is 0.392 e. The van der Waals surface area contributed by atoms with E-state index in [0.717, 1.165) is 25.2 Å². The standard InChI is InChI=1S/C11H16N2O/c1-9-6-11(14)8-13(9)7-10-4-2-3-5-12-10/h2-5,9,11,14H,6-8H2,1H3. The molecule has 3 heteroatoms. The third kappa shape index (κ3) is 2.11. The average Bonchev–Trinajstić information content (AvgIpc) is 2.47. The number of β-amino-alcohol motifs (C(OH)–C–C–N with tert-alkyl or cyclic N) is 1. The van der Waals surface area contributed by atoms with Crippen molar-refractivity contribution in [3.05, 3.63) is 30.1 Å². The Labute approximate surface area is 84.4 Å². The number of rotatable bonds is 2. The number of aromatic nitrogens is 1. The first-order chi connectivity index (χ1) is 6.75. The minimum atomic E-state index is -0.159. The van der Waals surface area contributed by atoms with E-state index in [4.69, 9.17) is 0 Å². The molecule has 0 amide bonds. The Bertz CT molecular complexity index is 289. The van der Waals surface area contributed by atoms with E-state index >= 15 is 0 Å². The van der Waals surface area contributed by atoms with E-state index in [-0.39, 0.29) is 6.10 Å². The molecule has 14 heavy (non-hydrogen) atoms. The van der Waals surface area contributed by atoms with E-state index in [0.29, 0.717) is 6.04 Å². The summed E-state index contributed by atoms with van der Waals surface area (Å²) in [5.41, 5.74) is 1.08. The van der Waals surface area contributed by atoms with Gasteiger partial charge >= 0.3 is 0 Å². The summed E-state index contributed by atoms with van der Waals surface area (Å²) in [4.78, 5) is 6.55. The normalized spacial score (nSPS) is 28.1. The van der Waals surface area contributed by atoms with Crippen molar-refractivity contribution < 1.29 is 5.11 Å². The lowest BCUT2D eigenvalue weighted by Gasteiger charge is -2.19. The zero-order valence-electron chi connectivity index (χ0n) is 8.43. The molecule has 2 unspecified atom stereocenters. The highest BCUT2D eigenvalue weighted by Crippen LogP contribution is 2.18. The van der Waals surface area contributed by atoms with Crippen molar-refractivity contribution in [1.29, 1.82) is 0 Å². The Hall–Kier alpha value is -0.930. The van der Waals surface area contributed by atoms with E-state index in [1.165, 1.54) is 0 Å². The molecule has 0 aliphatic carbocycles. The van der Waals surface area contributed by atoms with Crippen molar-refractivity contribution in [3.63, 3.8) is 0 Å². The van der Waals surface area contributed by atoms with Crippen LogP contribution in [0.4, 0.5) is 0 Å². The monoisotopic (exact) mass is 192 g/mol. The van der Waals surface area contributed by atoms with Crippen molar-refractivity contribution in [1.82, 2.24) is 9.88 Å². The molecule has 0 spiro atoms. The van der Waals surface area contributed by atoms with E-state index in [1.807, 2.05) is 24.4 Å². The fraction of sp³-hybridized carbons (Fsp3) is 0.545. The molecule has 1 fully saturated rings. The van der Waals surface area contributed by atoms with E-state index in [1.54, 1.807) is 0 Å². The van der Waals surface area contributed by atoms with Gasteiger partial charge in [0.25, 0.3) is 0 Å². The molecule has 3 nitrogen and oxygen atoms in total. The molecule has 2 heterocycles. The summed E-state index contributed by atoms with van der Waals surface area (Å²) >= 11 is 0. The maximum Gasteiger partial charge on any atom is 0.0682 e. The molecule has 1 aromatic rings. The summed E-state index contributed by atoms with van der Waals surface area (Å²) < 4.78 is 0. The SMILES string of the molecule is CC1CC(O)CN1Cc1ccccn1. The quantitative estimate of drug-likeness (QED) is 0.760. The number of hydrogen-bond acceptors (Lipinski definition) is 3. The van der Waals surface area contributed by atoms with Crippen LogP contribution in [0, 0.1) is 0 Å². The predicted octanol–water partition coefficient (Wildman–Crippen LogP) is 1.04. The average molecular weight is 192 g/mol. The Morgan fingerprint density at radius 2 is 2.43 bits per heavy atom. The molecular formula is C11H16N2O. The molecule has 2 atom stereocenters. The molecular weight excluding hydrogens is 176 g/mol. The Kier molecular flexibility index (Phi) is 2.79. The van der Waals surface area contributed by atoms with Crippen LogP contribution in [-0.2, 0) is 6.54 Å². The molecule has 1 aliphatic heterocycles.